The summed E-state index contributed by atoms with van der Waals surface area (Å²) < 4.78 is 2.86. The number of nitrogens with one attached hydrogen (secondary N) is 1. The molecule has 164 valence electrons. The first kappa shape index (κ1) is 21.1. The monoisotopic (exact) mass is 424 g/mol. The molecule has 0 aliphatic heterocycles. The fourth-order valence-corrected chi connectivity index (χ4v) is 4.09. The van der Waals surface area contributed by atoms with Crippen molar-refractivity contribution in [1.29, 1.82) is 0 Å². The molecule has 1 aromatic carbocycles. The van der Waals surface area contributed by atoms with Gasteiger partial charge in [0, 0.05) is 49.5 Å². The van der Waals surface area contributed by atoms with E-state index < -0.39 is 11.5 Å². The van der Waals surface area contributed by atoms with E-state index in [0.717, 1.165) is 34.2 Å². The highest BCUT2D eigenvalue weighted by Gasteiger charge is 2.40. The highest BCUT2D eigenvalue weighted by molar-refractivity contribution is 6.05. The second-order valence-electron chi connectivity index (χ2n) is 9.23. The molecule has 2 aromatic heterocycles. The Morgan fingerprint density at radius 3 is 2.65 bits per heavy atom. The normalized spacial score (nSPS) is 18.6. The third-order valence-electron chi connectivity index (χ3n) is 6.24. The van der Waals surface area contributed by atoms with E-state index in [0.29, 0.717) is 11.4 Å². The summed E-state index contributed by atoms with van der Waals surface area (Å²) in [6.07, 6.45) is 3.78. The number of aliphatic hydroxyl groups is 1. The summed E-state index contributed by atoms with van der Waals surface area (Å²) in [6.45, 7) is 5.44. The van der Waals surface area contributed by atoms with E-state index in [9.17, 15) is 15.1 Å². The zero-order valence-electron chi connectivity index (χ0n) is 18.6. The molecule has 2 heterocycles. The van der Waals surface area contributed by atoms with Crippen LogP contribution in [-0.4, -0.2) is 45.7 Å². The molecular formula is C23H30N5O3+. The third-order valence-corrected chi connectivity index (χ3v) is 6.24. The van der Waals surface area contributed by atoms with Crippen LogP contribution in [0.15, 0.2) is 36.5 Å². The zero-order chi connectivity index (χ0) is 22.5. The quantitative estimate of drug-likeness (QED) is 0.432. The van der Waals surface area contributed by atoms with E-state index in [2.05, 4.69) is 5.32 Å². The van der Waals surface area contributed by atoms with Crippen LogP contribution in [0.4, 0.5) is 11.4 Å². The van der Waals surface area contributed by atoms with E-state index >= 15 is 0 Å². The molecule has 1 fully saturated rings. The lowest BCUT2D eigenvalue weighted by molar-refractivity contribution is -0.909. The number of carbonyl (C=O) groups excluding carboxylic acids is 1. The Kier molecular flexibility index (Phi) is 5.13. The van der Waals surface area contributed by atoms with Crippen LogP contribution in [0.1, 0.15) is 48.9 Å². The van der Waals surface area contributed by atoms with Crippen molar-refractivity contribution in [3.63, 3.8) is 0 Å². The number of fused-ring (bicyclic) bond motifs is 1. The number of aryl methyl sites for hydroxylation is 1. The summed E-state index contributed by atoms with van der Waals surface area (Å²) in [5, 5.41) is 29.0. The SMILES string of the molecule is Cc1cccc(C(=O)Nc2cc3cn(C4CC(C(C)(C)O)C4)nc3cc2N(C)C)[n+]1O. The van der Waals surface area contributed by atoms with Crippen molar-refractivity contribution in [2.75, 3.05) is 24.3 Å². The van der Waals surface area contributed by atoms with Gasteiger partial charge in [0.2, 0.25) is 5.69 Å². The lowest BCUT2D eigenvalue weighted by Crippen LogP contribution is -2.42. The predicted octanol–water partition coefficient (Wildman–Crippen LogP) is 2.91. The van der Waals surface area contributed by atoms with Crippen molar-refractivity contribution >= 4 is 28.2 Å². The number of carbonyl (C=O) groups is 1. The fourth-order valence-electron chi connectivity index (χ4n) is 4.09. The molecule has 4 rings (SSSR count). The molecule has 0 unspecified atom stereocenters. The van der Waals surface area contributed by atoms with Crippen LogP contribution < -0.4 is 14.9 Å². The first-order valence-corrected chi connectivity index (χ1v) is 10.5. The molecule has 0 radical (unpaired) electrons. The molecule has 1 saturated carbocycles. The Labute approximate surface area is 181 Å². The zero-order valence-corrected chi connectivity index (χ0v) is 18.6. The maximum Gasteiger partial charge on any atom is 0.325 e. The maximum atomic E-state index is 12.8. The smallest absolute Gasteiger partial charge is 0.325 e. The van der Waals surface area contributed by atoms with Crippen molar-refractivity contribution in [2.45, 2.75) is 45.3 Å². The molecule has 8 nitrogen and oxygen atoms in total. The van der Waals surface area contributed by atoms with Crippen LogP contribution in [0.25, 0.3) is 10.9 Å². The molecular weight excluding hydrogens is 394 g/mol. The minimum Gasteiger partial charge on any atom is -0.390 e. The average molecular weight is 425 g/mol. The fraction of sp³-hybridized carbons (Fsp3) is 0.435. The van der Waals surface area contributed by atoms with Gasteiger partial charge in [-0.1, -0.05) is 0 Å². The maximum absolute atomic E-state index is 12.8. The number of aromatic nitrogens is 3. The first-order valence-electron chi connectivity index (χ1n) is 10.5. The summed E-state index contributed by atoms with van der Waals surface area (Å²) in [7, 11) is 3.82. The van der Waals surface area contributed by atoms with Crippen molar-refractivity contribution in [3.8, 4) is 0 Å². The largest absolute Gasteiger partial charge is 0.390 e. The molecule has 0 spiro atoms. The van der Waals surface area contributed by atoms with Gasteiger partial charge in [0.25, 0.3) is 0 Å². The van der Waals surface area contributed by atoms with E-state index in [1.54, 1.807) is 25.1 Å². The Morgan fingerprint density at radius 1 is 1.29 bits per heavy atom. The summed E-state index contributed by atoms with van der Waals surface area (Å²) >= 11 is 0. The van der Waals surface area contributed by atoms with Gasteiger partial charge in [0.1, 0.15) is 0 Å². The number of benzene rings is 1. The second kappa shape index (κ2) is 7.53. The van der Waals surface area contributed by atoms with E-state index in [-0.39, 0.29) is 17.7 Å². The van der Waals surface area contributed by atoms with Crippen molar-refractivity contribution in [1.82, 2.24) is 9.78 Å². The molecule has 0 bridgehead atoms. The Balaban J connectivity index is 1.63. The summed E-state index contributed by atoms with van der Waals surface area (Å²) in [6, 6.07) is 9.17. The number of anilines is 2. The predicted molar refractivity (Wildman–Crippen MR) is 119 cm³/mol. The van der Waals surface area contributed by atoms with Gasteiger partial charge in [0.05, 0.1) is 28.5 Å². The lowest BCUT2D eigenvalue weighted by Gasteiger charge is -2.42. The number of nitrogens with zero attached hydrogens (tertiary/aromatic N) is 4. The number of rotatable bonds is 5. The van der Waals surface area contributed by atoms with Gasteiger partial charge in [-0.15, -0.1) is 0 Å². The minimum atomic E-state index is -0.669. The number of amides is 1. The van der Waals surface area contributed by atoms with Gasteiger partial charge in [-0.25, -0.2) is 0 Å². The van der Waals surface area contributed by atoms with E-state index in [1.165, 1.54) is 0 Å². The van der Waals surface area contributed by atoms with E-state index in [1.807, 2.05) is 55.9 Å². The molecule has 1 aliphatic carbocycles. The molecule has 1 aliphatic rings. The van der Waals surface area contributed by atoms with Gasteiger partial charge in [0.15, 0.2) is 0 Å². The average Bonchev–Trinajstić information content (AvgIpc) is 3.02. The first-order chi connectivity index (χ1) is 14.5. The third kappa shape index (κ3) is 3.95. The molecule has 1 amide bonds. The minimum absolute atomic E-state index is 0.160. The molecule has 3 N–H and O–H groups in total. The molecule has 31 heavy (non-hydrogen) atoms. The topological polar surface area (TPSA) is 94.5 Å². The number of hydrogen-bond acceptors (Lipinski definition) is 5. The highest BCUT2D eigenvalue weighted by atomic mass is 16.5. The van der Waals surface area contributed by atoms with Gasteiger partial charge in [-0.2, -0.15) is 5.10 Å². The molecule has 0 saturated heterocycles. The van der Waals surface area contributed by atoms with Crippen LogP contribution in [0.3, 0.4) is 0 Å². The lowest BCUT2D eigenvalue weighted by atomic mass is 9.71. The van der Waals surface area contributed by atoms with Crippen molar-refractivity contribution in [2.24, 2.45) is 5.92 Å². The number of hydrogen-bond donors (Lipinski definition) is 3. The van der Waals surface area contributed by atoms with Gasteiger partial charge >= 0.3 is 11.6 Å². The molecule has 3 aromatic rings. The highest BCUT2D eigenvalue weighted by Crippen LogP contribution is 2.44. The Hall–Kier alpha value is -3.13. The van der Waals surface area contributed by atoms with Gasteiger partial charge in [-0.05, 0) is 50.8 Å². The van der Waals surface area contributed by atoms with E-state index in [4.69, 9.17) is 5.10 Å². The van der Waals surface area contributed by atoms with Crippen LogP contribution >= 0.6 is 0 Å². The van der Waals surface area contributed by atoms with Gasteiger partial charge in [-0.3, -0.25) is 14.7 Å². The molecule has 0 atom stereocenters. The van der Waals surface area contributed by atoms with Crippen LogP contribution in [0.2, 0.25) is 0 Å². The Morgan fingerprint density at radius 2 is 2.00 bits per heavy atom. The Bertz CT molecular complexity index is 1140. The summed E-state index contributed by atoms with van der Waals surface area (Å²) in [5.74, 6) is -0.121. The van der Waals surface area contributed by atoms with Crippen LogP contribution in [0, 0.1) is 12.8 Å². The van der Waals surface area contributed by atoms with Gasteiger partial charge < -0.3 is 15.3 Å². The standard InChI is InChI=1S/C23H29N5O3/c1-14-7-6-8-20(28(14)31)22(29)24-19-9-15-13-27(17-10-16(11-17)23(2,3)30)25-18(15)12-21(19)26(4)5/h6-9,12-13,16-17,30H,10-11H2,1-5H3,(H-,24,29,31)/p+1. The van der Waals surface area contributed by atoms with Crippen molar-refractivity contribution in [3.05, 3.63) is 47.9 Å². The summed E-state index contributed by atoms with van der Waals surface area (Å²) in [4.78, 5) is 14.8. The summed E-state index contributed by atoms with van der Waals surface area (Å²) in [5.41, 5.74) is 2.38. The molecule has 8 heteroatoms. The van der Waals surface area contributed by atoms with Crippen molar-refractivity contribution < 1.29 is 19.8 Å². The number of pyridine rings is 1. The second-order valence-corrected chi connectivity index (χ2v) is 9.23. The van der Waals surface area contributed by atoms with Crippen LogP contribution in [-0.2, 0) is 0 Å². The van der Waals surface area contributed by atoms with Crippen LogP contribution in [0.5, 0.6) is 0 Å².